The Bertz CT molecular complexity index is 4920. The van der Waals surface area contributed by atoms with Crippen LogP contribution in [-0.2, 0) is 128 Å². The topological polar surface area (TPSA) is 430 Å². The number of carbonyl (C=O) groups excluding carboxylic acids is 8. The number of thioether (sulfide) groups is 3. The van der Waals surface area contributed by atoms with E-state index in [0.29, 0.717) is 108 Å². The minimum atomic E-state index is -4.51. The zero-order chi connectivity index (χ0) is 94.7. The van der Waals surface area contributed by atoms with Gasteiger partial charge in [0.05, 0.1) is 59.2 Å². The number of aliphatic imine (C=N–C) groups is 2. The number of esters is 4. The zero-order valence-corrected chi connectivity index (χ0v) is 86.8. The summed E-state index contributed by atoms with van der Waals surface area (Å²) in [5.74, 6) is -1.76. The normalized spacial score (nSPS) is 11.7. The molecule has 0 fully saturated rings. The first-order valence-corrected chi connectivity index (χ1v) is 46.6. The van der Waals surface area contributed by atoms with Gasteiger partial charge < -0.3 is 68.4 Å². The van der Waals surface area contributed by atoms with E-state index in [1.54, 1.807) is 39.2 Å². The molecule has 0 radical (unpaired) electrons. The van der Waals surface area contributed by atoms with Gasteiger partial charge in [-0.05, 0) is 146 Å². The number of hydrogen-bond acceptors (Lipinski definition) is 30. The summed E-state index contributed by atoms with van der Waals surface area (Å²) in [6.45, 7) is 20.0. The van der Waals surface area contributed by atoms with Crippen molar-refractivity contribution in [1.29, 1.82) is 0 Å². The second kappa shape index (κ2) is 68.1. The number of nitrogens with zero attached hydrogens (tertiary/aromatic N) is 10. The molecular formula is C76H98Cl4F6I2N10Na2O24S4. The van der Waals surface area contributed by atoms with Crippen molar-refractivity contribution in [3.63, 3.8) is 0 Å². The van der Waals surface area contributed by atoms with Gasteiger partial charge in [-0.15, -0.1) is 0 Å². The first kappa shape index (κ1) is 126. The predicted molar refractivity (Wildman–Crippen MR) is 470 cm³/mol. The Balaban J connectivity index is -0.000000784. The summed E-state index contributed by atoms with van der Waals surface area (Å²) in [4.78, 5) is 159. The maximum Gasteiger partial charge on any atom is 1.00 e. The van der Waals surface area contributed by atoms with Crippen LogP contribution in [0.5, 0.6) is 0 Å². The number of aromatic nitrogens is 8. The van der Waals surface area contributed by atoms with E-state index in [1.165, 1.54) is 65.4 Å². The number of benzene rings is 2. The Hall–Kier alpha value is -6.01. The standard InChI is InChI=1S/C28H30F3N5O6.C22H22F3N5O2.C8H14O4S.C6H9ClO4.C4H7ClO2S.C4H7IO2S.C4H8O2.Cl2O2S.HI.2Na.H/c1-4-8-20(37)41-16-42-26(39)21-22-24(35(6-3)27(40)36(11-5-2)25(22)38)33-23(21)18-13-32-34(15-18)14-17-9-7-10-19(12-17)28(29,30)31;1-3-8-30-20(31)17-10-18(27-19(17)29(4-2)21(30)32)15-11-26-28(13-15)12-14-6-5-7-16(9-14)22(23,24)25;1-3-5-7(9)11-6-12-8(10)13-4-2;1-2-3-5(8)10-4-11-6(7)9;2*1-2-8-4(6)7-3-5;1-2-3-4(5)6;1-5(2,3)4;;;;/h7,9-10,12-13,15,21H,4-6,8,11,14,16H2,1-3H3;5-7,9,11,13H,3-4,8,10,12H2,1-2H3;3-6H2,1-2H3;2-4H2,1H3;2*2-3H2,1H3;2-3H2,1H3,(H,5,6);;1H;;;/q;;;;;;;;;2*+1;-1/p-1. The van der Waals surface area contributed by atoms with Crippen molar-refractivity contribution in [3.8, 4) is 0 Å². The number of halogens is 12. The number of rotatable bonds is 32. The van der Waals surface area contributed by atoms with Gasteiger partial charge in [0, 0.05) is 132 Å². The molecule has 8 rings (SSSR count). The summed E-state index contributed by atoms with van der Waals surface area (Å²) in [5.41, 5.74) is -1.62. The number of alkyl halides is 8. The van der Waals surface area contributed by atoms with E-state index in [-0.39, 0.29) is 181 Å². The molecule has 1 atom stereocenters. The third kappa shape index (κ3) is 48.6. The maximum absolute atomic E-state index is 13.5. The van der Waals surface area contributed by atoms with Crippen molar-refractivity contribution in [2.45, 2.75) is 204 Å². The molecule has 128 heavy (non-hydrogen) atoms. The predicted octanol–water partition coefficient (Wildman–Crippen LogP) is 8.03. The second-order valence-corrected chi connectivity index (χ2v) is 33.1. The fourth-order valence-corrected chi connectivity index (χ4v) is 12.0. The van der Waals surface area contributed by atoms with Crippen molar-refractivity contribution in [3.05, 3.63) is 160 Å². The number of hydrogen-bond donors (Lipinski definition) is 1. The molecule has 2 aliphatic rings. The molecule has 0 spiro atoms. The van der Waals surface area contributed by atoms with E-state index in [4.69, 9.17) is 46.2 Å². The quantitative estimate of drug-likeness (QED) is 0.00610. The largest absolute Gasteiger partial charge is 1.00 e. The van der Waals surface area contributed by atoms with Crippen LogP contribution in [0.1, 0.15) is 192 Å². The molecule has 1 unspecified atom stereocenters. The van der Waals surface area contributed by atoms with E-state index in [0.717, 1.165) is 76.7 Å². The zero-order valence-electron chi connectivity index (χ0n) is 73.2. The van der Waals surface area contributed by atoms with Crippen LogP contribution in [0, 0.1) is 0 Å². The van der Waals surface area contributed by atoms with Crippen LogP contribution in [0.3, 0.4) is 0 Å². The average Bonchev–Trinajstić information content (AvgIpc) is 1.59. The molecule has 0 amide bonds. The number of fused-ring (bicyclic) bond motifs is 2. The average molecular weight is 2220 g/mol. The molecule has 34 nitrogen and oxygen atoms in total. The van der Waals surface area contributed by atoms with Gasteiger partial charge in [-0.25, -0.2) is 38.8 Å². The van der Waals surface area contributed by atoms with E-state index in [2.05, 4.69) is 70.0 Å². The minimum Gasteiger partial charge on any atom is -1.00 e. The molecule has 706 valence electrons. The van der Waals surface area contributed by atoms with Crippen molar-refractivity contribution in [2.24, 2.45) is 9.98 Å². The molecule has 6 heterocycles. The molecule has 0 saturated heterocycles. The Morgan fingerprint density at radius 2 is 0.945 bits per heavy atom. The Kier molecular flexibility index (Phi) is 67.1. The number of aliphatic carboxylic acids is 1. The van der Waals surface area contributed by atoms with E-state index in [9.17, 15) is 88.7 Å². The fourth-order valence-electron chi connectivity index (χ4n) is 10.2. The monoisotopic (exact) mass is 2220 g/mol. The van der Waals surface area contributed by atoms with Gasteiger partial charge in [0.1, 0.15) is 22.2 Å². The fraction of sp³-hybridized carbons (Fsp3) is 0.513. The molecule has 52 heteroatoms. The first-order valence-electron chi connectivity index (χ1n) is 38.1. The molecule has 2 aromatic carbocycles. The molecule has 6 aromatic rings. The van der Waals surface area contributed by atoms with Crippen LogP contribution in [-0.4, -0.2) is 162 Å². The number of carboxylic acid groups (broad SMARTS) is 1. The van der Waals surface area contributed by atoms with Gasteiger partial charge in [0.2, 0.25) is 20.4 Å². The minimum absolute atomic E-state index is 0. The number of carboxylic acids is 1. The van der Waals surface area contributed by atoms with Crippen LogP contribution in [0.2, 0.25) is 0 Å². The SMILES string of the molecule is CCCC(=O)O.CCCC(=O)OCOC(=O)C1C(c2cnn(Cc3cccc(C(F)(F)F)c3)c2)=Nc2c1c(=O)n(CCC)c(=O)n2CC.CCCC(=O)OCOC(=O)Cl.CCCC(=O)OCOC(=O)SCC.CCCn1c(=O)c2c(n(CC)c1=O)N=C(c1cnn(Cc3cccc(C(F)(F)F)c3)c1)C2.CCSC(=O)OCCl.CCSC(=O)OCI.O=S(=O)(Cl)Cl.[H-].[I-].[Na+].[Na+]. The van der Waals surface area contributed by atoms with Crippen molar-refractivity contribution in [1.82, 2.24) is 37.8 Å². The van der Waals surface area contributed by atoms with Crippen LogP contribution >= 0.6 is 102 Å². The smallest absolute Gasteiger partial charge is 1.00 e. The van der Waals surface area contributed by atoms with Crippen LogP contribution in [0.15, 0.2) is 102 Å². The van der Waals surface area contributed by atoms with Gasteiger partial charge in [0.15, 0.2) is 6.07 Å². The molecule has 2 aliphatic heterocycles. The van der Waals surface area contributed by atoms with Gasteiger partial charge in [-0.2, -0.15) is 45.0 Å². The Morgan fingerprint density at radius 3 is 1.33 bits per heavy atom. The second-order valence-electron chi connectivity index (χ2n) is 24.6. The van der Waals surface area contributed by atoms with Gasteiger partial charge in [0.25, 0.3) is 11.1 Å². The van der Waals surface area contributed by atoms with Crippen molar-refractivity contribution in [2.75, 3.05) is 48.3 Å². The van der Waals surface area contributed by atoms with E-state index >= 15 is 0 Å². The first-order chi connectivity index (χ1) is 59.0. The van der Waals surface area contributed by atoms with E-state index in [1.807, 2.05) is 78.0 Å². The third-order valence-electron chi connectivity index (χ3n) is 15.3. The van der Waals surface area contributed by atoms with Gasteiger partial charge >= 0.3 is 142 Å². The summed E-state index contributed by atoms with van der Waals surface area (Å²) in [7, 11) is 4.81. The Labute approximate surface area is 841 Å². The van der Waals surface area contributed by atoms with Crippen LogP contribution < -0.4 is 106 Å². The van der Waals surface area contributed by atoms with Crippen LogP contribution in [0.25, 0.3) is 0 Å². The van der Waals surface area contributed by atoms with Crippen LogP contribution in [0.4, 0.5) is 57.2 Å². The van der Waals surface area contributed by atoms with Gasteiger partial charge in [-0.1, -0.05) is 98.2 Å². The Morgan fingerprint density at radius 1 is 0.547 bits per heavy atom. The summed E-state index contributed by atoms with van der Waals surface area (Å²) in [6, 6.07) is 9.85. The summed E-state index contributed by atoms with van der Waals surface area (Å²) in [5, 5.41) is 15.5. The molecule has 0 aliphatic carbocycles. The maximum atomic E-state index is 13.5. The number of carbonyl (C=O) groups is 9. The third-order valence-corrected chi connectivity index (χ3v) is 17.8. The summed E-state index contributed by atoms with van der Waals surface area (Å²) >= 11 is 15.2. The molecule has 0 bridgehead atoms. The summed E-state index contributed by atoms with van der Waals surface area (Å²) < 4.78 is 142. The van der Waals surface area contributed by atoms with Gasteiger partial charge in [-0.3, -0.25) is 61.2 Å². The molecule has 0 saturated carbocycles. The molecule has 4 aromatic heterocycles. The summed E-state index contributed by atoms with van der Waals surface area (Å²) in [6.07, 6.45) is 2.39. The van der Waals surface area contributed by atoms with Crippen molar-refractivity contribution < 1.29 is 205 Å². The number of ether oxygens (including phenoxy) is 8. The molecular weight excluding hydrogens is 2120 g/mol. The van der Waals surface area contributed by atoms with Crippen molar-refractivity contribution >= 4 is 185 Å². The molecule has 1 N–H and O–H groups in total. The van der Waals surface area contributed by atoms with E-state index < -0.39 is 97.1 Å².